The molecular formula is C26H27ClN10O2. The van der Waals surface area contributed by atoms with Crippen molar-refractivity contribution in [2.24, 2.45) is 5.41 Å². The molecule has 3 aromatic rings. The van der Waals surface area contributed by atoms with Gasteiger partial charge in [-0.3, -0.25) is 4.79 Å². The van der Waals surface area contributed by atoms with Crippen LogP contribution in [0.2, 0.25) is 5.02 Å². The maximum Gasteiger partial charge on any atom is 0.251 e. The average molecular weight is 547 g/mol. The number of halogens is 1. The number of nitrogens with one attached hydrogen (secondary N) is 2. The summed E-state index contributed by atoms with van der Waals surface area (Å²) in [5.74, 6) is 0.518. The van der Waals surface area contributed by atoms with E-state index in [1.807, 2.05) is 0 Å². The van der Waals surface area contributed by atoms with E-state index in [0.29, 0.717) is 46.9 Å². The summed E-state index contributed by atoms with van der Waals surface area (Å²) in [6.07, 6.45) is 4.30. The molecule has 3 aliphatic rings. The third-order valence-electron chi connectivity index (χ3n) is 7.71. The van der Waals surface area contributed by atoms with Gasteiger partial charge in [0.05, 0.1) is 34.2 Å². The van der Waals surface area contributed by atoms with Crippen molar-refractivity contribution >= 4 is 46.3 Å². The van der Waals surface area contributed by atoms with Crippen LogP contribution in [0.5, 0.6) is 0 Å². The number of amides is 1. The molecule has 0 unspecified atom stereocenters. The predicted molar refractivity (Wildman–Crippen MR) is 144 cm³/mol. The molecule has 2 aromatic heterocycles. The van der Waals surface area contributed by atoms with Crippen LogP contribution in [0.3, 0.4) is 0 Å². The summed E-state index contributed by atoms with van der Waals surface area (Å²) in [5, 5.41) is 40.2. The SMILES string of the molecule is C[C@@H](O)C(=O)N1CC2(CCN(c3cc(C#N)cc(Nc4nc(NC5CC5)c5ncc(C#N)n5n4)c3Cl)CC2)C1. The lowest BCUT2D eigenvalue weighted by atomic mass is 9.71. The number of likely N-dealkylation sites (tertiary alicyclic amines) is 1. The normalized spacial score (nSPS) is 18.8. The Morgan fingerprint density at radius 1 is 1.23 bits per heavy atom. The number of hydrogen-bond donors (Lipinski definition) is 3. The van der Waals surface area contributed by atoms with Crippen molar-refractivity contribution < 1.29 is 9.90 Å². The van der Waals surface area contributed by atoms with E-state index in [4.69, 9.17) is 11.6 Å². The number of benzene rings is 1. The van der Waals surface area contributed by atoms with Crippen LogP contribution in [-0.4, -0.2) is 73.8 Å². The number of carbonyl (C=O) groups excluding carboxylic acids is 1. The van der Waals surface area contributed by atoms with E-state index in [1.165, 1.54) is 17.6 Å². The maximum atomic E-state index is 12.1. The third-order valence-corrected chi connectivity index (χ3v) is 8.11. The second-order valence-electron chi connectivity index (χ2n) is 10.6. The van der Waals surface area contributed by atoms with Crippen molar-refractivity contribution in [2.75, 3.05) is 41.7 Å². The lowest BCUT2D eigenvalue weighted by Gasteiger charge is -2.54. The summed E-state index contributed by atoms with van der Waals surface area (Å²) >= 11 is 6.89. The zero-order chi connectivity index (χ0) is 27.3. The molecule has 0 bridgehead atoms. The number of hydrogen-bond acceptors (Lipinski definition) is 10. The highest BCUT2D eigenvalue weighted by molar-refractivity contribution is 6.36. The van der Waals surface area contributed by atoms with Gasteiger partial charge in [-0.1, -0.05) is 11.6 Å². The monoisotopic (exact) mass is 546 g/mol. The molecule has 1 aliphatic carbocycles. The molecule has 2 saturated heterocycles. The number of fused-ring (bicyclic) bond motifs is 1. The number of nitriles is 2. The van der Waals surface area contributed by atoms with E-state index in [9.17, 15) is 20.4 Å². The summed E-state index contributed by atoms with van der Waals surface area (Å²) in [5.41, 5.74) is 2.46. The smallest absolute Gasteiger partial charge is 0.251 e. The van der Waals surface area contributed by atoms with E-state index in [0.717, 1.165) is 44.5 Å². The number of anilines is 4. The van der Waals surface area contributed by atoms with Crippen molar-refractivity contribution in [3.05, 3.63) is 34.6 Å². The Bertz CT molecular complexity index is 1530. The standard InChI is InChI=1S/C26H27ClN10O2/c1-15(38)24(39)36-13-26(14-36)4-6-35(7-5-26)20-9-16(10-28)8-19(21(20)27)32-25-33-22(31-17-2-3-17)23-30-12-18(11-29)37(23)34-25/h8-9,12,15,17,38H,2-7,13-14H2,1H3,(H2,31,32,33,34)/t15-/m1/s1. The molecule has 1 spiro atoms. The second kappa shape index (κ2) is 9.56. The van der Waals surface area contributed by atoms with Crippen molar-refractivity contribution in [3.8, 4) is 12.1 Å². The summed E-state index contributed by atoms with van der Waals surface area (Å²) < 4.78 is 1.44. The molecule has 12 nitrogen and oxygen atoms in total. The van der Waals surface area contributed by atoms with Gasteiger partial charge >= 0.3 is 0 Å². The van der Waals surface area contributed by atoms with Crippen molar-refractivity contribution in [3.63, 3.8) is 0 Å². The van der Waals surface area contributed by atoms with Gasteiger partial charge in [-0.05, 0) is 44.7 Å². The summed E-state index contributed by atoms with van der Waals surface area (Å²) in [7, 11) is 0. The molecule has 1 saturated carbocycles. The molecule has 3 N–H and O–H groups in total. The minimum Gasteiger partial charge on any atom is -0.384 e. The van der Waals surface area contributed by atoms with Gasteiger partial charge < -0.3 is 25.5 Å². The number of rotatable bonds is 6. The van der Waals surface area contributed by atoms with Gasteiger partial charge in [0.1, 0.15) is 12.2 Å². The average Bonchev–Trinajstić information content (AvgIpc) is 3.63. The number of piperidine rings is 1. The quantitative estimate of drug-likeness (QED) is 0.419. The van der Waals surface area contributed by atoms with Crippen molar-refractivity contribution in [1.29, 1.82) is 10.5 Å². The predicted octanol–water partition coefficient (Wildman–Crippen LogP) is 2.65. The minimum absolute atomic E-state index is 0.0545. The topological polar surface area (TPSA) is 158 Å². The number of carbonyl (C=O) groups is 1. The van der Waals surface area contributed by atoms with Crippen LogP contribution in [0, 0.1) is 28.1 Å². The Balaban J connectivity index is 1.24. The number of aliphatic hydroxyl groups excluding tert-OH is 1. The van der Waals surface area contributed by atoms with Crippen LogP contribution in [0.25, 0.3) is 5.65 Å². The molecule has 39 heavy (non-hydrogen) atoms. The molecule has 6 rings (SSSR count). The van der Waals surface area contributed by atoms with E-state index < -0.39 is 6.10 Å². The Morgan fingerprint density at radius 2 is 1.97 bits per heavy atom. The fourth-order valence-electron chi connectivity index (χ4n) is 5.37. The Morgan fingerprint density at radius 3 is 2.62 bits per heavy atom. The van der Waals surface area contributed by atoms with Crippen LogP contribution in [0.1, 0.15) is 43.9 Å². The van der Waals surface area contributed by atoms with Crippen LogP contribution < -0.4 is 15.5 Å². The molecule has 3 fully saturated rings. The number of aromatic nitrogens is 4. The molecule has 1 amide bonds. The Labute approximate surface area is 229 Å². The lowest BCUT2D eigenvalue weighted by molar-refractivity contribution is -0.153. The first-order chi connectivity index (χ1) is 18.8. The molecule has 0 radical (unpaired) electrons. The van der Waals surface area contributed by atoms with Gasteiger partial charge in [-0.2, -0.15) is 20.0 Å². The molecule has 4 heterocycles. The van der Waals surface area contributed by atoms with Crippen LogP contribution in [0.15, 0.2) is 18.3 Å². The van der Waals surface area contributed by atoms with E-state index in [-0.39, 0.29) is 23.0 Å². The van der Waals surface area contributed by atoms with Gasteiger partial charge in [0, 0.05) is 37.6 Å². The van der Waals surface area contributed by atoms with Gasteiger partial charge in [0.2, 0.25) is 5.95 Å². The summed E-state index contributed by atoms with van der Waals surface area (Å²) in [6.45, 7) is 4.25. The van der Waals surface area contributed by atoms with E-state index in [2.05, 4.69) is 42.7 Å². The maximum absolute atomic E-state index is 12.1. The first-order valence-corrected chi connectivity index (χ1v) is 13.3. The number of imidazole rings is 1. The van der Waals surface area contributed by atoms with Gasteiger partial charge in [0.25, 0.3) is 5.91 Å². The summed E-state index contributed by atoms with van der Waals surface area (Å²) in [6, 6.07) is 8.05. The second-order valence-corrected chi connectivity index (χ2v) is 11.0. The van der Waals surface area contributed by atoms with Crippen molar-refractivity contribution in [1.82, 2.24) is 24.5 Å². The third kappa shape index (κ3) is 4.67. The minimum atomic E-state index is -0.980. The van der Waals surface area contributed by atoms with Gasteiger partial charge in [-0.15, -0.1) is 5.10 Å². The Kier molecular flexibility index (Phi) is 6.17. The van der Waals surface area contributed by atoms with Crippen LogP contribution in [0.4, 0.5) is 23.1 Å². The van der Waals surface area contributed by atoms with Gasteiger partial charge in [-0.25, -0.2) is 4.98 Å². The summed E-state index contributed by atoms with van der Waals surface area (Å²) in [4.78, 5) is 24.9. The van der Waals surface area contributed by atoms with E-state index >= 15 is 0 Å². The zero-order valence-electron chi connectivity index (χ0n) is 21.4. The van der Waals surface area contributed by atoms with E-state index in [1.54, 1.807) is 17.0 Å². The number of aliphatic hydroxyl groups is 1. The lowest BCUT2D eigenvalue weighted by Crippen LogP contribution is -2.63. The largest absolute Gasteiger partial charge is 0.384 e. The molecule has 2 aliphatic heterocycles. The van der Waals surface area contributed by atoms with Gasteiger partial charge in [0.15, 0.2) is 17.2 Å². The number of nitrogens with zero attached hydrogens (tertiary/aromatic N) is 8. The molecule has 13 heteroatoms. The Hall–Kier alpha value is -4.13. The first kappa shape index (κ1) is 25.2. The highest BCUT2D eigenvalue weighted by Crippen LogP contribution is 2.44. The molecule has 200 valence electrons. The van der Waals surface area contributed by atoms with Crippen LogP contribution >= 0.6 is 11.6 Å². The fraction of sp³-hybridized carbons (Fsp3) is 0.462. The zero-order valence-corrected chi connectivity index (χ0v) is 22.1. The molecule has 1 atom stereocenters. The first-order valence-electron chi connectivity index (χ1n) is 12.9. The van der Waals surface area contributed by atoms with Crippen molar-refractivity contribution in [2.45, 2.75) is 44.8 Å². The molecular weight excluding hydrogens is 520 g/mol. The molecule has 1 aromatic carbocycles. The highest BCUT2D eigenvalue weighted by atomic mass is 35.5. The highest BCUT2D eigenvalue weighted by Gasteiger charge is 2.47. The van der Waals surface area contributed by atoms with Crippen LogP contribution in [-0.2, 0) is 4.79 Å². The fourth-order valence-corrected chi connectivity index (χ4v) is 5.64.